The molecule has 8 heteroatoms. The molecule has 1 aromatic carbocycles. The number of carboxylic acid groups (broad SMARTS) is 1. The summed E-state index contributed by atoms with van der Waals surface area (Å²) < 4.78 is 17.0. The van der Waals surface area contributed by atoms with Crippen molar-refractivity contribution in [3.63, 3.8) is 0 Å². The molecule has 8 nitrogen and oxygen atoms in total. The van der Waals surface area contributed by atoms with E-state index in [2.05, 4.69) is 9.97 Å². The molecule has 0 atom stereocenters. The van der Waals surface area contributed by atoms with Crippen LogP contribution < -0.4 is 19.1 Å². The number of rotatable bonds is 4. The number of nitrogens with zero attached hydrogens (tertiary/aromatic N) is 3. The predicted molar refractivity (Wildman–Crippen MR) is 88.5 cm³/mol. The summed E-state index contributed by atoms with van der Waals surface area (Å²) >= 11 is 0. The van der Waals surface area contributed by atoms with E-state index in [0.717, 1.165) is 12.0 Å². The molecule has 0 saturated heterocycles. The minimum atomic E-state index is -1.02. The van der Waals surface area contributed by atoms with Gasteiger partial charge in [0.15, 0.2) is 11.5 Å². The Bertz CT molecular complexity index is 839. The lowest BCUT2D eigenvalue weighted by Gasteiger charge is -2.15. The Kier molecular flexibility index (Phi) is 3.79. The summed E-state index contributed by atoms with van der Waals surface area (Å²) in [7, 11) is 0. The van der Waals surface area contributed by atoms with Gasteiger partial charge in [-0.15, -0.1) is 0 Å². The van der Waals surface area contributed by atoms with E-state index in [4.69, 9.17) is 14.2 Å². The van der Waals surface area contributed by atoms with E-state index in [9.17, 15) is 9.90 Å². The van der Waals surface area contributed by atoms with E-state index >= 15 is 0 Å². The van der Waals surface area contributed by atoms with Crippen molar-refractivity contribution in [3.05, 3.63) is 24.0 Å². The van der Waals surface area contributed by atoms with Crippen molar-refractivity contribution in [2.75, 3.05) is 24.8 Å². The molecule has 4 rings (SSSR count). The third-order valence-electron chi connectivity index (χ3n) is 4.19. The van der Waals surface area contributed by atoms with E-state index in [-0.39, 0.29) is 6.79 Å². The maximum Gasteiger partial charge on any atom is 0.413 e. The molecule has 0 aliphatic carbocycles. The number of carbonyl (C=O) groups is 1. The van der Waals surface area contributed by atoms with Crippen LogP contribution in [0.2, 0.25) is 0 Å². The number of amides is 1. The SMILES string of the molecule is CCCOc1ccc2c(c1-c1ncnc3c1CCN3C(=O)O)OCO2. The quantitative estimate of drug-likeness (QED) is 0.912. The highest BCUT2D eigenvalue weighted by Crippen LogP contribution is 2.48. The first-order chi connectivity index (χ1) is 12.2. The summed E-state index contributed by atoms with van der Waals surface area (Å²) in [6.07, 6.45) is 1.75. The van der Waals surface area contributed by atoms with Gasteiger partial charge in [-0.3, -0.25) is 4.90 Å². The van der Waals surface area contributed by atoms with Crippen LogP contribution >= 0.6 is 0 Å². The fourth-order valence-electron chi connectivity index (χ4n) is 3.11. The molecule has 25 heavy (non-hydrogen) atoms. The van der Waals surface area contributed by atoms with E-state index in [0.29, 0.717) is 53.9 Å². The zero-order chi connectivity index (χ0) is 17.4. The van der Waals surface area contributed by atoms with Gasteiger partial charge in [-0.2, -0.15) is 0 Å². The molecule has 2 aliphatic heterocycles. The molecular formula is C17H17N3O5. The number of anilines is 1. The Morgan fingerprint density at radius 2 is 2.24 bits per heavy atom. The lowest BCUT2D eigenvalue weighted by molar-refractivity contribution is 0.174. The maximum absolute atomic E-state index is 11.4. The van der Waals surface area contributed by atoms with Crippen LogP contribution in [0.5, 0.6) is 17.2 Å². The Labute approximate surface area is 144 Å². The molecule has 0 unspecified atom stereocenters. The fourth-order valence-corrected chi connectivity index (χ4v) is 3.11. The topological polar surface area (TPSA) is 94.0 Å². The smallest absolute Gasteiger partial charge is 0.413 e. The first kappa shape index (κ1) is 15.5. The molecule has 1 amide bonds. The van der Waals surface area contributed by atoms with Crippen LogP contribution in [0, 0.1) is 0 Å². The molecule has 0 spiro atoms. The largest absolute Gasteiger partial charge is 0.493 e. The molecule has 3 heterocycles. The van der Waals surface area contributed by atoms with E-state index in [1.165, 1.54) is 11.2 Å². The van der Waals surface area contributed by atoms with Crippen LogP contribution in [0.4, 0.5) is 10.6 Å². The maximum atomic E-state index is 11.4. The van der Waals surface area contributed by atoms with Gasteiger partial charge < -0.3 is 19.3 Å². The zero-order valence-corrected chi connectivity index (χ0v) is 13.7. The van der Waals surface area contributed by atoms with E-state index < -0.39 is 6.09 Å². The third kappa shape index (κ3) is 2.50. The van der Waals surface area contributed by atoms with Gasteiger partial charge in [-0.1, -0.05) is 6.92 Å². The van der Waals surface area contributed by atoms with Crippen molar-refractivity contribution >= 4 is 11.9 Å². The van der Waals surface area contributed by atoms with Crippen molar-refractivity contribution in [2.45, 2.75) is 19.8 Å². The standard InChI is InChI=1S/C17H17N3O5/c1-2-7-23-11-3-4-12-15(25-9-24-12)13(11)14-10-5-6-20(17(21)22)16(10)19-8-18-14/h3-4,8H,2,5-7,9H2,1H3,(H,21,22). The summed E-state index contributed by atoms with van der Waals surface area (Å²) in [6.45, 7) is 3.07. The summed E-state index contributed by atoms with van der Waals surface area (Å²) in [4.78, 5) is 21.2. The highest BCUT2D eigenvalue weighted by molar-refractivity contribution is 5.91. The highest BCUT2D eigenvalue weighted by Gasteiger charge is 2.32. The van der Waals surface area contributed by atoms with Crippen LogP contribution in [0.25, 0.3) is 11.3 Å². The van der Waals surface area contributed by atoms with Crippen molar-refractivity contribution in [2.24, 2.45) is 0 Å². The molecule has 0 radical (unpaired) electrons. The summed E-state index contributed by atoms with van der Waals surface area (Å²) in [5.74, 6) is 2.25. The normalized spacial score (nSPS) is 14.5. The van der Waals surface area contributed by atoms with Crippen molar-refractivity contribution in [3.8, 4) is 28.5 Å². The Hall–Kier alpha value is -3.03. The van der Waals surface area contributed by atoms with Crippen LogP contribution in [0.1, 0.15) is 18.9 Å². The van der Waals surface area contributed by atoms with Crippen molar-refractivity contribution in [1.29, 1.82) is 0 Å². The summed E-state index contributed by atoms with van der Waals surface area (Å²) in [6, 6.07) is 3.64. The molecule has 2 aromatic rings. The van der Waals surface area contributed by atoms with Crippen LogP contribution in [-0.2, 0) is 6.42 Å². The number of fused-ring (bicyclic) bond motifs is 2. The van der Waals surface area contributed by atoms with Crippen LogP contribution in [0.3, 0.4) is 0 Å². The average Bonchev–Trinajstić information content (AvgIpc) is 3.25. The van der Waals surface area contributed by atoms with E-state index in [1.54, 1.807) is 0 Å². The molecule has 1 N–H and O–H groups in total. The molecular weight excluding hydrogens is 326 g/mol. The van der Waals surface area contributed by atoms with Gasteiger partial charge in [0.05, 0.1) is 17.9 Å². The Morgan fingerprint density at radius 1 is 1.36 bits per heavy atom. The second-order valence-corrected chi connectivity index (χ2v) is 5.73. The van der Waals surface area contributed by atoms with Crippen molar-refractivity contribution in [1.82, 2.24) is 9.97 Å². The minimum absolute atomic E-state index is 0.133. The van der Waals surface area contributed by atoms with Gasteiger partial charge in [0.2, 0.25) is 6.79 Å². The fraction of sp³-hybridized carbons (Fsp3) is 0.353. The van der Waals surface area contributed by atoms with Gasteiger partial charge in [-0.05, 0) is 25.0 Å². The number of hydrogen-bond acceptors (Lipinski definition) is 6. The monoisotopic (exact) mass is 343 g/mol. The van der Waals surface area contributed by atoms with Crippen molar-refractivity contribution < 1.29 is 24.1 Å². The lowest BCUT2D eigenvalue weighted by Crippen LogP contribution is -2.27. The number of aromatic nitrogens is 2. The minimum Gasteiger partial charge on any atom is -0.493 e. The Balaban J connectivity index is 1.88. The van der Waals surface area contributed by atoms with Gasteiger partial charge >= 0.3 is 6.09 Å². The average molecular weight is 343 g/mol. The first-order valence-corrected chi connectivity index (χ1v) is 8.10. The van der Waals surface area contributed by atoms with Crippen LogP contribution in [0.15, 0.2) is 18.5 Å². The number of hydrogen-bond donors (Lipinski definition) is 1. The lowest BCUT2D eigenvalue weighted by atomic mass is 10.0. The zero-order valence-electron chi connectivity index (χ0n) is 13.7. The van der Waals surface area contributed by atoms with Gasteiger partial charge in [0.25, 0.3) is 0 Å². The number of ether oxygens (including phenoxy) is 3. The predicted octanol–water partition coefficient (Wildman–Crippen LogP) is 2.70. The molecule has 0 bridgehead atoms. The number of benzene rings is 1. The molecule has 130 valence electrons. The third-order valence-corrected chi connectivity index (χ3v) is 4.19. The molecule has 1 aromatic heterocycles. The van der Waals surface area contributed by atoms with E-state index in [1.807, 2.05) is 19.1 Å². The highest BCUT2D eigenvalue weighted by atomic mass is 16.7. The summed E-state index contributed by atoms with van der Waals surface area (Å²) in [5, 5.41) is 9.34. The summed E-state index contributed by atoms with van der Waals surface area (Å²) in [5.41, 5.74) is 2.09. The second-order valence-electron chi connectivity index (χ2n) is 5.73. The molecule has 0 saturated carbocycles. The van der Waals surface area contributed by atoms with Gasteiger partial charge in [0, 0.05) is 12.1 Å². The van der Waals surface area contributed by atoms with Crippen LogP contribution in [-0.4, -0.2) is 41.1 Å². The Morgan fingerprint density at radius 3 is 3.04 bits per heavy atom. The first-order valence-electron chi connectivity index (χ1n) is 8.10. The van der Waals surface area contributed by atoms with Gasteiger partial charge in [-0.25, -0.2) is 14.8 Å². The molecule has 0 fully saturated rings. The van der Waals surface area contributed by atoms with Gasteiger partial charge in [0.1, 0.15) is 17.9 Å². The second kappa shape index (κ2) is 6.12. The molecule has 2 aliphatic rings.